The SMILES string of the molecule is CCCNc1cc(NCCCOc2ccccc2)ccn1. The molecule has 1 aromatic carbocycles. The molecule has 0 aliphatic heterocycles. The second-order valence-corrected chi connectivity index (χ2v) is 4.80. The van der Waals surface area contributed by atoms with Crippen LogP contribution in [0.1, 0.15) is 19.8 Å². The summed E-state index contributed by atoms with van der Waals surface area (Å²) in [7, 11) is 0. The van der Waals surface area contributed by atoms with Gasteiger partial charge < -0.3 is 15.4 Å². The van der Waals surface area contributed by atoms with Crippen LogP contribution >= 0.6 is 0 Å². The predicted octanol–water partition coefficient (Wildman–Crippen LogP) is 3.78. The summed E-state index contributed by atoms with van der Waals surface area (Å²) in [6.07, 6.45) is 3.87. The Morgan fingerprint density at radius 1 is 1.05 bits per heavy atom. The highest BCUT2D eigenvalue weighted by molar-refractivity contribution is 5.51. The molecule has 0 saturated heterocycles. The van der Waals surface area contributed by atoms with Crippen LogP contribution in [0.25, 0.3) is 0 Å². The Bertz CT molecular complexity index is 516. The van der Waals surface area contributed by atoms with Crippen molar-refractivity contribution in [3.05, 3.63) is 48.7 Å². The molecule has 0 aliphatic carbocycles. The third-order valence-corrected chi connectivity index (χ3v) is 2.98. The van der Waals surface area contributed by atoms with Crippen molar-refractivity contribution < 1.29 is 4.74 Å². The zero-order valence-corrected chi connectivity index (χ0v) is 12.5. The molecule has 2 N–H and O–H groups in total. The average Bonchev–Trinajstić information content (AvgIpc) is 2.54. The van der Waals surface area contributed by atoms with Gasteiger partial charge in [-0.15, -0.1) is 0 Å². The zero-order valence-electron chi connectivity index (χ0n) is 12.5. The molecule has 1 heterocycles. The van der Waals surface area contributed by atoms with Gasteiger partial charge in [-0.25, -0.2) is 4.98 Å². The van der Waals surface area contributed by atoms with Crippen molar-refractivity contribution in [3.8, 4) is 5.75 Å². The molecule has 0 atom stereocenters. The summed E-state index contributed by atoms with van der Waals surface area (Å²) in [6.45, 7) is 4.68. The first-order valence-electron chi connectivity index (χ1n) is 7.50. The van der Waals surface area contributed by atoms with E-state index in [1.165, 1.54) is 0 Å². The number of ether oxygens (including phenoxy) is 1. The Morgan fingerprint density at radius 2 is 1.90 bits per heavy atom. The number of pyridine rings is 1. The number of aromatic nitrogens is 1. The highest BCUT2D eigenvalue weighted by Crippen LogP contribution is 2.12. The van der Waals surface area contributed by atoms with Gasteiger partial charge in [0, 0.05) is 31.0 Å². The third kappa shape index (κ3) is 5.73. The molecule has 0 fully saturated rings. The van der Waals surface area contributed by atoms with Crippen LogP contribution in [0.4, 0.5) is 11.5 Å². The fourth-order valence-electron chi connectivity index (χ4n) is 1.90. The Balaban J connectivity index is 1.66. The minimum Gasteiger partial charge on any atom is -0.494 e. The van der Waals surface area contributed by atoms with E-state index in [2.05, 4.69) is 22.5 Å². The van der Waals surface area contributed by atoms with Crippen molar-refractivity contribution >= 4 is 11.5 Å². The van der Waals surface area contributed by atoms with Crippen LogP contribution < -0.4 is 15.4 Å². The van der Waals surface area contributed by atoms with Gasteiger partial charge in [0.25, 0.3) is 0 Å². The Kier molecular flexibility index (Phi) is 6.39. The van der Waals surface area contributed by atoms with E-state index >= 15 is 0 Å². The van der Waals surface area contributed by atoms with Crippen molar-refractivity contribution in [1.29, 1.82) is 0 Å². The molecule has 0 unspecified atom stereocenters. The van der Waals surface area contributed by atoms with Crippen LogP contribution in [-0.4, -0.2) is 24.7 Å². The van der Waals surface area contributed by atoms with Gasteiger partial charge in [0.1, 0.15) is 11.6 Å². The molecule has 2 aromatic rings. The Labute approximate surface area is 126 Å². The first kappa shape index (κ1) is 15.2. The Hall–Kier alpha value is -2.23. The summed E-state index contributed by atoms with van der Waals surface area (Å²) >= 11 is 0. The molecule has 2 rings (SSSR count). The molecule has 0 saturated carbocycles. The third-order valence-electron chi connectivity index (χ3n) is 2.98. The number of hydrogen-bond acceptors (Lipinski definition) is 4. The molecule has 0 spiro atoms. The molecule has 112 valence electrons. The van der Waals surface area contributed by atoms with Crippen LogP contribution in [0.2, 0.25) is 0 Å². The summed E-state index contributed by atoms with van der Waals surface area (Å²) in [4.78, 5) is 4.29. The van der Waals surface area contributed by atoms with E-state index in [4.69, 9.17) is 4.74 Å². The predicted molar refractivity (Wildman–Crippen MR) is 88.1 cm³/mol. The summed E-state index contributed by atoms with van der Waals surface area (Å²) < 4.78 is 5.66. The monoisotopic (exact) mass is 285 g/mol. The van der Waals surface area contributed by atoms with Crippen molar-refractivity contribution in [2.45, 2.75) is 19.8 Å². The summed E-state index contributed by atoms with van der Waals surface area (Å²) in [5.41, 5.74) is 1.09. The lowest BCUT2D eigenvalue weighted by molar-refractivity contribution is 0.315. The van der Waals surface area contributed by atoms with Gasteiger partial charge in [-0.3, -0.25) is 0 Å². The molecule has 4 heteroatoms. The highest BCUT2D eigenvalue weighted by Gasteiger charge is 1.97. The maximum Gasteiger partial charge on any atom is 0.127 e. The summed E-state index contributed by atoms with van der Waals surface area (Å²) in [5, 5.41) is 6.67. The standard InChI is InChI=1S/C17H23N3O/c1-2-10-19-17-14-15(9-12-20-17)18-11-6-13-21-16-7-4-3-5-8-16/h3-5,7-9,12,14H,2,6,10-11,13H2,1H3,(H2,18,19,20). The topological polar surface area (TPSA) is 46.2 Å². The Morgan fingerprint density at radius 3 is 2.71 bits per heavy atom. The van der Waals surface area contributed by atoms with Gasteiger partial charge in [-0.05, 0) is 31.0 Å². The van der Waals surface area contributed by atoms with Crippen LogP contribution in [0.15, 0.2) is 48.7 Å². The summed E-state index contributed by atoms with van der Waals surface area (Å²) in [6, 6.07) is 13.9. The fraction of sp³-hybridized carbons (Fsp3) is 0.353. The van der Waals surface area contributed by atoms with Crippen molar-refractivity contribution in [3.63, 3.8) is 0 Å². The van der Waals surface area contributed by atoms with E-state index < -0.39 is 0 Å². The quantitative estimate of drug-likeness (QED) is 0.688. The second kappa shape index (κ2) is 8.84. The number of para-hydroxylation sites is 1. The molecule has 0 aliphatic rings. The molecular weight excluding hydrogens is 262 g/mol. The number of benzene rings is 1. The van der Waals surface area contributed by atoms with E-state index in [1.807, 2.05) is 48.7 Å². The molecule has 4 nitrogen and oxygen atoms in total. The molecular formula is C17H23N3O. The lowest BCUT2D eigenvalue weighted by atomic mass is 10.3. The van der Waals surface area contributed by atoms with E-state index in [9.17, 15) is 0 Å². The van der Waals surface area contributed by atoms with Gasteiger partial charge in [-0.1, -0.05) is 25.1 Å². The minimum atomic E-state index is 0.711. The second-order valence-electron chi connectivity index (χ2n) is 4.80. The zero-order chi connectivity index (χ0) is 14.8. The maximum atomic E-state index is 5.66. The van der Waals surface area contributed by atoms with Crippen molar-refractivity contribution in [2.75, 3.05) is 30.3 Å². The average molecular weight is 285 g/mol. The molecule has 0 bridgehead atoms. The van der Waals surface area contributed by atoms with Gasteiger partial charge in [0.05, 0.1) is 6.61 Å². The largest absolute Gasteiger partial charge is 0.494 e. The van der Waals surface area contributed by atoms with Crippen LogP contribution in [-0.2, 0) is 0 Å². The van der Waals surface area contributed by atoms with Crippen molar-refractivity contribution in [2.24, 2.45) is 0 Å². The lowest BCUT2D eigenvalue weighted by Gasteiger charge is -2.09. The van der Waals surface area contributed by atoms with E-state index in [0.717, 1.165) is 43.2 Å². The highest BCUT2D eigenvalue weighted by atomic mass is 16.5. The van der Waals surface area contributed by atoms with E-state index in [1.54, 1.807) is 0 Å². The fourth-order valence-corrected chi connectivity index (χ4v) is 1.90. The van der Waals surface area contributed by atoms with Gasteiger partial charge in [0.2, 0.25) is 0 Å². The van der Waals surface area contributed by atoms with Crippen LogP contribution in [0.5, 0.6) is 5.75 Å². The number of nitrogens with one attached hydrogen (secondary N) is 2. The normalized spacial score (nSPS) is 10.1. The molecule has 0 amide bonds. The van der Waals surface area contributed by atoms with E-state index in [-0.39, 0.29) is 0 Å². The number of nitrogens with zero attached hydrogens (tertiary/aromatic N) is 1. The van der Waals surface area contributed by atoms with Gasteiger partial charge >= 0.3 is 0 Å². The lowest BCUT2D eigenvalue weighted by Crippen LogP contribution is -2.08. The molecule has 1 aromatic heterocycles. The minimum absolute atomic E-state index is 0.711. The number of rotatable bonds is 9. The first-order valence-corrected chi connectivity index (χ1v) is 7.50. The molecule has 0 radical (unpaired) electrons. The first-order chi connectivity index (χ1) is 10.4. The summed E-state index contributed by atoms with van der Waals surface area (Å²) in [5.74, 6) is 1.84. The number of anilines is 2. The maximum absolute atomic E-state index is 5.66. The van der Waals surface area contributed by atoms with Gasteiger partial charge in [0.15, 0.2) is 0 Å². The van der Waals surface area contributed by atoms with Crippen LogP contribution in [0, 0.1) is 0 Å². The van der Waals surface area contributed by atoms with Crippen LogP contribution in [0.3, 0.4) is 0 Å². The van der Waals surface area contributed by atoms with Crippen molar-refractivity contribution in [1.82, 2.24) is 4.98 Å². The van der Waals surface area contributed by atoms with E-state index in [0.29, 0.717) is 6.61 Å². The molecule has 21 heavy (non-hydrogen) atoms. The number of hydrogen-bond donors (Lipinski definition) is 2. The van der Waals surface area contributed by atoms with Gasteiger partial charge in [-0.2, -0.15) is 0 Å². The smallest absolute Gasteiger partial charge is 0.127 e.